The summed E-state index contributed by atoms with van der Waals surface area (Å²) in [6.45, 7) is 5.87. The number of benzene rings is 1. The maximum Gasteiger partial charge on any atom is 0.211 e. The van der Waals surface area contributed by atoms with Crippen molar-refractivity contribution in [2.45, 2.75) is 6.92 Å². The molecule has 0 unspecified atom stereocenters. The Labute approximate surface area is 107 Å². The molecule has 1 saturated heterocycles. The van der Waals surface area contributed by atoms with Crippen LogP contribution in [0.3, 0.4) is 0 Å². The van der Waals surface area contributed by atoms with Crippen molar-refractivity contribution in [3.8, 4) is 5.88 Å². The van der Waals surface area contributed by atoms with Crippen molar-refractivity contribution < 1.29 is 9.84 Å². The molecular weight excluding hydrogens is 228 g/mol. The van der Waals surface area contributed by atoms with Gasteiger partial charge >= 0.3 is 0 Å². The first-order chi connectivity index (χ1) is 8.75. The third-order valence-electron chi connectivity index (χ3n) is 2.68. The predicted octanol–water partition coefficient (Wildman–Crippen LogP) is 1.86. The van der Waals surface area contributed by atoms with Crippen molar-refractivity contribution in [2.24, 2.45) is 0 Å². The van der Waals surface area contributed by atoms with Gasteiger partial charge in [-0.25, -0.2) is 4.98 Å². The van der Waals surface area contributed by atoms with Crippen LogP contribution in [0.25, 0.3) is 10.9 Å². The Hall–Kier alpha value is -1.65. The largest absolute Gasteiger partial charge is 0.493 e. The van der Waals surface area contributed by atoms with Gasteiger partial charge in [0.25, 0.3) is 0 Å². The van der Waals surface area contributed by atoms with Gasteiger partial charge in [-0.2, -0.15) is 0 Å². The number of fused-ring (bicyclic) bond motifs is 1. The monoisotopic (exact) mass is 246 g/mol. The van der Waals surface area contributed by atoms with E-state index >= 15 is 0 Å². The number of nitrogens with one attached hydrogen (secondary N) is 1. The Kier molecular flexibility index (Phi) is 4.50. The lowest BCUT2D eigenvalue weighted by atomic mass is 10.1. The van der Waals surface area contributed by atoms with E-state index in [2.05, 4.69) is 10.3 Å². The van der Waals surface area contributed by atoms with Crippen LogP contribution >= 0.6 is 0 Å². The van der Waals surface area contributed by atoms with Crippen LogP contribution in [0.2, 0.25) is 0 Å². The van der Waals surface area contributed by atoms with Crippen molar-refractivity contribution in [3.63, 3.8) is 0 Å². The lowest BCUT2D eigenvalue weighted by Gasteiger charge is -2.10. The van der Waals surface area contributed by atoms with Gasteiger partial charge in [-0.05, 0) is 25.1 Å². The van der Waals surface area contributed by atoms with Crippen molar-refractivity contribution in [1.29, 1.82) is 0 Å². The number of aromatic nitrogens is 1. The van der Waals surface area contributed by atoms with E-state index in [1.54, 1.807) is 6.07 Å². The summed E-state index contributed by atoms with van der Waals surface area (Å²) in [6, 6.07) is 9.40. The molecule has 0 atom stereocenters. The van der Waals surface area contributed by atoms with Crippen LogP contribution in [0.4, 0.5) is 0 Å². The first kappa shape index (κ1) is 12.8. The molecule has 1 aromatic heterocycles. The van der Waals surface area contributed by atoms with E-state index in [4.69, 9.17) is 9.84 Å². The Bertz CT molecular complexity index is 457. The lowest BCUT2D eigenvalue weighted by molar-refractivity contribution is 0.109. The van der Waals surface area contributed by atoms with Gasteiger partial charge in [0, 0.05) is 24.5 Å². The van der Waals surface area contributed by atoms with Gasteiger partial charge in [-0.15, -0.1) is 0 Å². The summed E-state index contributed by atoms with van der Waals surface area (Å²) in [6.07, 6.45) is 0. The molecule has 96 valence electrons. The SMILES string of the molecule is C1COCCN1.Cc1ccc2nc(O)ccc2c1. The third-order valence-corrected chi connectivity index (χ3v) is 2.68. The highest BCUT2D eigenvalue weighted by molar-refractivity contribution is 5.79. The zero-order valence-corrected chi connectivity index (χ0v) is 10.5. The molecule has 18 heavy (non-hydrogen) atoms. The van der Waals surface area contributed by atoms with E-state index in [9.17, 15) is 0 Å². The zero-order valence-electron chi connectivity index (χ0n) is 10.5. The number of morpholine rings is 1. The van der Waals surface area contributed by atoms with E-state index in [-0.39, 0.29) is 5.88 Å². The van der Waals surface area contributed by atoms with Gasteiger partial charge in [0.1, 0.15) is 0 Å². The summed E-state index contributed by atoms with van der Waals surface area (Å²) < 4.78 is 5.01. The fourth-order valence-electron chi connectivity index (χ4n) is 1.75. The Morgan fingerprint density at radius 1 is 1.17 bits per heavy atom. The van der Waals surface area contributed by atoms with Crippen molar-refractivity contribution in [3.05, 3.63) is 35.9 Å². The highest BCUT2D eigenvalue weighted by atomic mass is 16.5. The standard InChI is InChI=1S/C10H9NO.C4H9NO/c1-7-2-4-9-8(6-7)3-5-10(12)11-9;1-3-6-4-2-5-1/h2-6H,1H3,(H,11,12);5H,1-4H2. The minimum Gasteiger partial charge on any atom is -0.493 e. The number of aromatic hydroxyl groups is 1. The van der Waals surface area contributed by atoms with Crippen LogP contribution in [0.15, 0.2) is 30.3 Å². The molecule has 2 heterocycles. The molecular formula is C14H18N2O2. The lowest BCUT2D eigenvalue weighted by Crippen LogP contribution is -2.30. The first-order valence-electron chi connectivity index (χ1n) is 6.10. The summed E-state index contributed by atoms with van der Waals surface area (Å²) in [5.74, 6) is 0.0753. The normalized spacial score (nSPS) is 14.9. The minimum absolute atomic E-state index is 0.0753. The molecule has 0 spiro atoms. The molecule has 1 aliphatic heterocycles. The Balaban J connectivity index is 0.000000169. The minimum atomic E-state index is 0.0753. The van der Waals surface area contributed by atoms with Crippen LogP contribution < -0.4 is 5.32 Å². The first-order valence-corrected chi connectivity index (χ1v) is 6.10. The number of aryl methyl sites for hydroxylation is 1. The number of ether oxygens (including phenoxy) is 1. The molecule has 0 saturated carbocycles. The molecule has 2 aromatic rings. The molecule has 1 fully saturated rings. The van der Waals surface area contributed by atoms with Crippen molar-refractivity contribution >= 4 is 10.9 Å². The fourth-order valence-corrected chi connectivity index (χ4v) is 1.75. The van der Waals surface area contributed by atoms with E-state index in [0.29, 0.717) is 0 Å². The van der Waals surface area contributed by atoms with Gasteiger partial charge in [0.05, 0.1) is 18.7 Å². The van der Waals surface area contributed by atoms with Gasteiger partial charge in [0.15, 0.2) is 0 Å². The van der Waals surface area contributed by atoms with E-state index < -0.39 is 0 Å². The summed E-state index contributed by atoms with van der Waals surface area (Å²) in [4.78, 5) is 3.97. The van der Waals surface area contributed by atoms with Crippen LogP contribution in [0.5, 0.6) is 5.88 Å². The topological polar surface area (TPSA) is 54.4 Å². The number of hydrogen-bond acceptors (Lipinski definition) is 4. The number of nitrogens with zero attached hydrogens (tertiary/aromatic N) is 1. The molecule has 0 aliphatic carbocycles. The van der Waals surface area contributed by atoms with Crippen molar-refractivity contribution in [2.75, 3.05) is 26.3 Å². The molecule has 1 aromatic carbocycles. The van der Waals surface area contributed by atoms with Crippen LogP contribution in [-0.2, 0) is 4.74 Å². The smallest absolute Gasteiger partial charge is 0.211 e. The summed E-state index contributed by atoms with van der Waals surface area (Å²) in [5.41, 5.74) is 2.04. The van der Waals surface area contributed by atoms with Gasteiger partial charge in [0.2, 0.25) is 5.88 Å². The molecule has 0 bridgehead atoms. The maximum absolute atomic E-state index is 9.09. The predicted molar refractivity (Wildman–Crippen MR) is 71.8 cm³/mol. The van der Waals surface area contributed by atoms with Crippen LogP contribution in [0.1, 0.15) is 5.56 Å². The summed E-state index contributed by atoms with van der Waals surface area (Å²) in [5, 5.41) is 13.3. The number of pyridine rings is 1. The molecule has 0 amide bonds. The second kappa shape index (κ2) is 6.33. The highest BCUT2D eigenvalue weighted by Gasteiger charge is 1.95. The van der Waals surface area contributed by atoms with Crippen LogP contribution in [-0.4, -0.2) is 36.4 Å². The molecule has 3 rings (SSSR count). The average Bonchev–Trinajstić information content (AvgIpc) is 2.42. The van der Waals surface area contributed by atoms with E-state index in [1.165, 1.54) is 5.56 Å². The Morgan fingerprint density at radius 2 is 1.94 bits per heavy atom. The molecule has 0 radical (unpaired) electrons. The number of rotatable bonds is 0. The highest BCUT2D eigenvalue weighted by Crippen LogP contribution is 2.16. The molecule has 4 heteroatoms. The summed E-state index contributed by atoms with van der Waals surface area (Å²) >= 11 is 0. The van der Waals surface area contributed by atoms with E-state index in [1.807, 2.05) is 31.2 Å². The van der Waals surface area contributed by atoms with Gasteiger partial charge in [-0.3, -0.25) is 0 Å². The van der Waals surface area contributed by atoms with Gasteiger partial charge in [-0.1, -0.05) is 11.6 Å². The Morgan fingerprint density at radius 3 is 2.56 bits per heavy atom. The molecule has 2 N–H and O–H groups in total. The summed E-state index contributed by atoms with van der Waals surface area (Å²) in [7, 11) is 0. The molecule has 1 aliphatic rings. The second-order valence-corrected chi connectivity index (χ2v) is 4.23. The maximum atomic E-state index is 9.09. The van der Waals surface area contributed by atoms with Gasteiger partial charge < -0.3 is 15.2 Å². The molecule has 4 nitrogen and oxygen atoms in total. The zero-order chi connectivity index (χ0) is 12.8. The van der Waals surface area contributed by atoms with Crippen LogP contribution in [0, 0.1) is 6.92 Å². The van der Waals surface area contributed by atoms with E-state index in [0.717, 1.165) is 37.2 Å². The average molecular weight is 246 g/mol. The van der Waals surface area contributed by atoms with Crippen molar-refractivity contribution in [1.82, 2.24) is 10.3 Å². The third kappa shape index (κ3) is 3.68. The number of hydrogen-bond donors (Lipinski definition) is 2. The quantitative estimate of drug-likeness (QED) is 0.745. The second-order valence-electron chi connectivity index (χ2n) is 4.23. The fraction of sp³-hybridized carbons (Fsp3) is 0.357.